The lowest BCUT2D eigenvalue weighted by Gasteiger charge is -2.34. The maximum Gasteiger partial charge on any atom is 0.168 e. The first-order valence-electron chi connectivity index (χ1n) is 12.2. The van der Waals surface area contributed by atoms with E-state index in [0.717, 1.165) is 68.8 Å². The van der Waals surface area contributed by atoms with Crippen molar-refractivity contribution >= 4 is 17.8 Å². The monoisotopic (exact) mass is 446 g/mol. The number of hydrogen-bond acceptors (Lipinski definition) is 6. The lowest BCUT2D eigenvalue weighted by molar-refractivity contribution is 0.111. The Hall–Kier alpha value is -2.77. The summed E-state index contributed by atoms with van der Waals surface area (Å²) in [6.07, 6.45) is 7.36. The Labute approximate surface area is 196 Å². The first-order valence-corrected chi connectivity index (χ1v) is 12.2. The molecule has 4 heterocycles. The highest BCUT2D eigenvalue weighted by molar-refractivity contribution is 5.78. The van der Waals surface area contributed by atoms with Crippen molar-refractivity contribution in [1.29, 1.82) is 0 Å². The molecule has 7 nitrogen and oxygen atoms in total. The van der Waals surface area contributed by atoms with Gasteiger partial charge in [-0.05, 0) is 70.1 Å². The number of nitrogens with zero attached hydrogens (tertiary/aromatic N) is 6. The van der Waals surface area contributed by atoms with E-state index in [1.165, 1.54) is 11.3 Å². The van der Waals surface area contributed by atoms with E-state index >= 15 is 0 Å². The highest BCUT2D eigenvalue weighted by atomic mass is 16.1. The Kier molecular flexibility index (Phi) is 6.17. The third-order valence-electron chi connectivity index (χ3n) is 7.43. The predicted octanol–water partition coefficient (Wildman–Crippen LogP) is 3.58. The van der Waals surface area contributed by atoms with Crippen molar-refractivity contribution in [2.45, 2.75) is 51.2 Å². The maximum absolute atomic E-state index is 12.4. The van der Waals surface area contributed by atoms with Gasteiger partial charge in [-0.2, -0.15) is 0 Å². The van der Waals surface area contributed by atoms with Crippen LogP contribution >= 0.6 is 0 Å². The van der Waals surface area contributed by atoms with E-state index in [4.69, 9.17) is 9.97 Å². The van der Waals surface area contributed by atoms with E-state index in [9.17, 15) is 4.79 Å². The molecule has 1 fully saturated rings. The molecule has 2 atom stereocenters. The smallest absolute Gasteiger partial charge is 0.168 e. The SMILES string of the molecule is CCN(Cc1nc2cccc(N3CC[C@@H](N(C)C)C3)n2c1C=O)[C@H]1CCCc2cccnc21. The number of hydrogen-bond donors (Lipinski definition) is 0. The molecule has 1 aliphatic heterocycles. The van der Waals surface area contributed by atoms with E-state index in [1.807, 2.05) is 18.3 Å². The molecule has 0 unspecified atom stereocenters. The molecule has 174 valence electrons. The average molecular weight is 447 g/mol. The van der Waals surface area contributed by atoms with Crippen LogP contribution in [0.15, 0.2) is 36.5 Å². The second-order valence-corrected chi connectivity index (χ2v) is 9.51. The number of aldehydes is 1. The minimum absolute atomic E-state index is 0.267. The van der Waals surface area contributed by atoms with Crippen LogP contribution in [0.3, 0.4) is 0 Å². The normalized spacial score (nSPS) is 20.7. The Morgan fingerprint density at radius 2 is 2.06 bits per heavy atom. The molecular weight excluding hydrogens is 412 g/mol. The van der Waals surface area contributed by atoms with Crippen LogP contribution in [0.4, 0.5) is 5.82 Å². The summed E-state index contributed by atoms with van der Waals surface area (Å²) in [4.78, 5) is 29.1. The fourth-order valence-corrected chi connectivity index (χ4v) is 5.58. The summed E-state index contributed by atoms with van der Waals surface area (Å²) in [6.45, 7) is 5.66. The van der Waals surface area contributed by atoms with Crippen LogP contribution in [0.5, 0.6) is 0 Å². The topological polar surface area (TPSA) is 57.0 Å². The Bertz CT molecular complexity index is 1140. The van der Waals surface area contributed by atoms with Gasteiger partial charge in [0.05, 0.1) is 17.4 Å². The average Bonchev–Trinajstić information content (AvgIpc) is 3.47. The lowest BCUT2D eigenvalue weighted by Crippen LogP contribution is -2.32. The zero-order valence-electron chi connectivity index (χ0n) is 19.9. The molecule has 0 N–H and O–H groups in total. The number of rotatable bonds is 7. The molecular formula is C26H34N6O. The van der Waals surface area contributed by atoms with Crippen molar-refractivity contribution < 1.29 is 4.79 Å². The van der Waals surface area contributed by atoms with E-state index in [1.54, 1.807) is 0 Å². The van der Waals surface area contributed by atoms with Crippen LogP contribution in [0.25, 0.3) is 5.65 Å². The minimum Gasteiger partial charge on any atom is -0.356 e. The number of anilines is 1. The molecule has 5 rings (SSSR count). The van der Waals surface area contributed by atoms with Crippen LogP contribution in [0.1, 0.15) is 59.7 Å². The number of pyridine rings is 2. The van der Waals surface area contributed by atoms with Crippen LogP contribution in [0, 0.1) is 0 Å². The predicted molar refractivity (Wildman–Crippen MR) is 131 cm³/mol. The van der Waals surface area contributed by atoms with Crippen molar-refractivity contribution in [2.24, 2.45) is 0 Å². The van der Waals surface area contributed by atoms with Crippen molar-refractivity contribution in [3.05, 3.63) is 59.2 Å². The highest BCUT2D eigenvalue weighted by Crippen LogP contribution is 2.34. The molecule has 0 bridgehead atoms. The standard InChI is InChI=1S/C26H34N6O/c1-4-30(22-10-5-8-19-9-7-14-27-26(19)22)17-21-23(18-33)32-24(28-21)11-6-12-25(32)31-15-13-20(16-31)29(2)3/h6-7,9,11-12,14,18,20,22H,4-5,8,10,13,15-17H2,1-3H3/t20-,22+/m1/s1. The molecule has 1 aliphatic carbocycles. The fourth-order valence-electron chi connectivity index (χ4n) is 5.58. The molecule has 2 aliphatic rings. The fraction of sp³-hybridized carbons (Fsp3) is 0.500. The molecule has 0 radical (unpaired) electrons. The lowest BCUT2D eigenvalue weighted by atomic mass is 9.90. The van der Waals surface area contributed by atoms with Crippen molar-refractivity contribution in [3.63, 3.8) is 0 Å². The summed E-state index contributed by atoms with van der Waals surface area (Å²) in [7, 11) is 4.27. The zero-order chi connectivity index (χ0) is 22.9. The summed E-state index contributed by atoms with van der Waals surface area (Å²) < 4.78 is 2.06. The summed E-state index contributed by atoms with van der Waals surface area (Å²) in [5.74, 6) is 1.06. The summed E-state index contributed by atoms with van der Waals surface area (Å²) in [6, 6.07) is 11.2. The van der Waals surface area contributed by atoms with Gasteiger partial charge in [-0.1, -0.05) is 19.1 Å². The molecule has 0 spiro atoms. The number of carbonyl (C=O) groups excluding carboxylic acids is 1. The molecule has 3 aromatic heterocycles. The van der Waals surface area contributed by atoms with Crippen LogP contribution in [-0.4, -0.2) is 70.2 Å². The number of likely N-dealkylation sites (N-methyl/N-ethyl adjacent to an activating group) is 1. The molecule has 33 heavy (non-hydrogen) atoms. The summed E-state index contributed by atoms with van der Waals surface area (Å²) in [5.41, 5.74) is 4.91. The van der Waals surface area contributed by atoms with E-state index in [0.29, 0.717) is 18.3 Å². The number of carbonyl (C=O) groups is 1. The second-order valence-electron chi connectivity index (χ2n) is 9.51. The molecule has 0 saturated carbocycles. The van der Waals surface area contributed by atoms with Crippen molar-refractivity contribution in [2.75, 3.05) is 38.6 Å². The van der Waals surface area contributed by atoms with Gasteiger partial charge in [-0.3, -0.25) is 19.1 Å². The molecule has 3 aromatic rings. The first kappa shape index (κ1) is 22.0. The third kappa shape index (κ3) is 4.04. The van der Waals surface area contributed by atoms with Gasteiger partial charge >= 0.3 is 0 Å². The van der Waals surface area contributed by atoms with Crippen molar-refractivity contribution in [1.82, 2.24) is 24.2 Å². The Balaban J connectivity index is 1.49. The quantitative estimate of drug-likeness (QED) is 0.517. The Morgan fingerprint density at radius 1 is 1.18 bits per heavy atom. The highest BCUT2D eigenvalue weighted by Gasteiger charge is 2.29. The van der Waals surface area contributed by atoms with Crippen molar-refractivity contribution in [3.8, 4) is 0 Å². The number of fused-ring (bicyclic) bond motifs is 2. The zero-order valence-corrected chi connectivity index (χ0v) is 19.9. The maximum atomic E-state index is 12.4. The minimum atomic E-state index is 0.267. The summed E-state index contributed by atoms with van der Waals surface area (Å²) >= 11 is 0. The van der Waals surface area contributed by atoms with Gasteiger partial charge < -0.3 is 9.80 Å². The van der Waals surface area contributed by atoms with Crippen LogP contribution in [0.2, 0.25) is 0 Å². The van der Waals surface area contributed by atoms with Gasteiger partial charge in [0.2, 0.25) is 0 Å². The van der Waals surface area contributed by atoms with Crippen LogP contribution in [-0.2, 0) is 13.0 Å². The van der Waals surface area contributed by atoms with Crippen LogP contribution < -0.4 is 4.90 Å². The first-order chi connectivity index (χ1) is 16.1. The van der Waals surface area contributed by atoms with Gasteiger partial charge in [0.15, 0.2) is 6.29 Å². The number of aromatic nitrogens is 3. The van der Waals surface area contributed by atoms with E-state index < -0.39 is 0 Å². The van der Waals surface area contributed by atoms with Gasteiger partial charge in [-0.25, -0.2) is 4.98 Å². The molecule has 0 amide bonds. The largest absolute Gasteiger partial charge is 0.356 e. The van der Waals surface area contributed by atoms with E-state index in [-0.39, 0.29) is 6.04 Å². The van der Waals surface area contributed by atoms with E-state index in [2.05, 4.69) is 58.3 Å². The van der Waals surface area contributed by atoms with Gasteiger partial charge in [-0.15, -0.1) is 0 Å². The Morgan fingerprint density at radius 3 is 2.82 bits per heavy atom. The van der Waals surface area contributed by atoms with Gasteiger partial charge in [0.25, 0.3) is 0 Å². The van der Waals surface area contributed by atoms with Gasteiger partial charge in [0.1, 0.15) is 17.2 Å². The van der Waals surface area contributed by atoms with Gasteiger partial charge in [0, 0.05) is 31.9 Å². The molecule has 0 aromatic carbocycles. The number of imidazole rings is 1. The third-order valence-corrected chi connectivity index (χ3v) is 7.43. The molecule has 7 heteroatoms. The summed E-state index contributed by atoms with van der Waals surface area (Å²) in [5, 5.41) is 0. The second kappa shape index (κ2) is 9.23. The molecule has 1 saturated heterocycles. The number of aryl methyl sites for hydroxylation is 1.